The van der Waals surface area contributed by atoms with E-state index in [9.17, 15) is 0 Å². The molecule has 0 atom stereocenters. The average Bonchev–Trinajstić information content (AvgIpc) is 3.19. The smallest absolute Gasteiger partial charge is 0.0547 e. The van der Waals surface area contributed by atoms with Crippen molar-refractivity contribution in [2.45, 2.75) is 0 Å². The van der Waals surface area contributed by atoms with E-state index in [1.54, 1.807) is 0 Å². The van der Waals surface area contributed by atoms with Gasteiger partial charge in [0.25, 0.3) is 0 Å². The minimum Gasteiger partial charge on any atom is -0.310 e. The fourth-order valence-corrected chi connectivity index (χ4v) is 7.87. The molecule has 0 saturated heterocycles. The summed E-state index contributed by atoms with van der Waals surface area (Å²) in [5, 5.41) is 7.50. The molecule has 0 spiro atoms. The molecule has 0 radical (unpaired) electrons. The van der Waals surface area contributed by atoms with Crippen LogP contribution in [-0.2, 0) is 0 Å². The first kappa shape index (κ1) is 28.4. The molecule has 0 aromatic heterocycles. The molecule has 2 nitrogen and oxygen atoms in total. The van der Waals surface area contributed by atoms with Crippen LogP contribution in [0.2, 0.25) is 0 Å². The summed E-state index contributed by atoms with van der Waals surface area (Å²) in [6, 6.07) is 70.5. The van der Waals surface area contributed by atoms with Gasteiger partial charge in [0.15, 0.2) is 0 Å². The fourth-order valence-electron chi connectivity index (χ4n) is 7.87. The number of rotatable bonds is 5. The van der Waals surface area contributed by atoms with Crippen LogP contribution in [0.1, 0.15) is 0 Å². The Morgan fingerprint density at radius 3 is 1.72 bits per heavy atom. The number of hydrogen-bond acceptors (Lipinski definition) is 2. The Balaban J connectivity index is 1.14. The quantitative estimate of drug-likeness (QED) is 0.185. The van der Waals surface area contributed by atoms with Crippen LogP contribution in [0.25, 0.3) is 54.6 Å². The molecular formula is C48H32N2. The van der Waals surface area contributed by atoms with Crippen LogP contribution in [0.15, 0.2) is 194 Å². The van der Waals surface area contributed by atoms with E-state index in [0.29, 0.717) is 0 Å². The molecule has 1 heterocycles. The Morgan fingerprint density at radius 2 is 0.940 bits per heavy atom. The maximum Gasteiger partial charge on any atom is 0.0547 e. The number of fused-ring (bicyclic) bond motifs is 5. The zero-order valence-electron chi connectivity index (χ0n) is 27.4. The van der Waals surface area contributed by atoms with Gasteiger partial charge in [-0.1, -0.05) is 140 Å². The van der Waals surface area contributed by atoms with E-state index in [4.69, 9.17) is 0 Å². The Hall–Kier alpha value is -6.64. The van der Waals surface area contributed by atoms with Gasteiger partial charge < -0.3 is 9.80 Å². The van der Waals surface area contributed by atoms with Gasteiger partial charge >= 0.3 is 0 Å². The monoisotopic (exact) mass is 636 g/mol. The second-order valence-corrected chi connectivity index (χ2v) is 13.0. The average molecular weight is 637 g/mol. The topological polar surface area (TPSA) is 6.48 Å². The van der Waals surface area contributed by atoms with E-state index >= 15 is 0 Å². The Kier molecular flexibility index (Phi) is 6.53. The van der Waals surface area contributed by atoms with Gasteiger partial charge in [-0.15, -0.1) is 0 Å². The van der Waals surface area contributed by atoms with Gasteiger partial charge in [-0.25, -0.2) is 0 Å². The minimum absolute atomic E-state index is 1.10. The molecule has 0 N–H and O–H groups in total. The molecule has 10 rings (SSSR count). The number of nitrogens with zero attached hydrogens (tertiary/aromatic N) is 2. The molecule has 2 heteroatoms. The summed E-state index contributed by atoms with van der Waals surface area (Å²) in [6.45, 7) is 0. The summed E-state index contributed by atoms with van der Waals surface area (Å²) >= 11 is 0. The number of anilines is 6. The van der Waals surface area contributed by atoms with Crippen LogP contribution in [0.4, 0.5) is 34.1 Å². The van der Waals surface area contributed by atoms with E-state index < -0.39 is 0 Å². The van der Waals surface area contributed by atoms with Gasteiger partial charge in [-0.3, -0.25) is 0 Å². The lowest BCUT2D eigenvalue weighted by Crippen LogP contribution is -2.16. The van der Waals surface area contributed by atoms with Crippen LogP contribution in [0, 0.1) is 0 Å². The first-order chi connectivity index (χ1) is 24.8. The van der Waals surface area contributed by atoms with E-state index in [2.05, 4.69) is 204 Å². The molecule has 50 heavy (non-hydrogen) atoms. The van der Waals surface area contributed by atoms with E-state index in [1.165, 1.54) is 65.9 Å². The normalized spacial score (nSPS) is 12.0. The van der Waals surface area contributed by atoms with E-state index in [1.807, 2.05) is 0 Å². The maximum absolute atomic E-state index is 2.44. The summed E-state index contributed by atoms with van der Waals surface area (Å²) < 4.78 is 0. The number of benzene rings is 9. The molecule has 9 aromatic rings. The number of hydrogen-bond donors (Lipinski definition) is 0. The molecule has 1 aliphatic rings. The predicted octanol–water partition coefficient (Wildman–Crippen LogP) is 13.7. The molecule has 0 amide bonds. The van der Waals surface area contributed by atoms with Crippen molar-refractivity contribution in [1.29, 1.82) is 0 Å². The lowest BCUT2D eigenvalue weighted by atomic mass is 9.87. The van der Waals surface area contributed by atoms with Crippen LogP contribution in [-0.4, -0.2) is 0 Å². The highest BCUT2D eigenvalue weighted by Gasteiger charge is 2.27. The highest BCUT2D eigenvalue weighted by molar-refractivity contribution is 6.19. The molecule has 1 aliphatic heterocycles. The molecule has 0 aliphatic carbocycles. The first-order valence-corrected chi connectivity index (χ1v) is 17.2. The molecule has 0 fully saturated rings. The molecule has 9 aromatic carbocycles. The zero-order chi connectivity index (χ0) is 33.0. The fraction of sp³-hybridized carbons (Fsp3) is 0. The van der Waals surface area contributed by atoms with Gasteiger partial charge in [-0.05, 0) is 92.8 Å². The maximum atomic E-state index is 2.44. The van der Waals surface area contributed by atoms with Crippen molar-refractivity contribution in [1.82, 2.24) is 0 Å². The second kappa shape index (κ2) is 11.5. The van der Waals surface area contributed by atoms with Crippen LogP contribution in [0.5, 0.6) is 0 Å². The first-order valence-electron chi connectivity index (χ1n) is 17.2. The van der Waals surface area contributed by atoms with E-state index in [-0.39, 0.29) is 0 Å². The van der Waals surface area contributed by atoms with Crippen LogP contribution < -0.4 is 9.80 Å². The summed E-state index contributed by atoms with van der Waals surface area (Å²) in [6.07, 6.45) is 0. The third kappa shape index (κ3) is 4.50. The third-order valence-electron chi connectivity index (χ3n) is 10.1. The standard InChI is InChI=1S/C48H32N2/c1-2-11-33(12-3-1)34-23-26-38(27-24-34)49(44-21-9-15-35-13-4-6-18-41(35)44)39-28-30-40(31-29-39)50-45-22-10-17-37-16-8-20-43(47(37)45)48-42-19-7-5-14-36(42)25-32-46(48)50/h1-32H. The second-order valence-electron chi connectivity index (χ2n) is 13.0. The Bertz CT molecular complexity index is 2680. The Labute approximate surface area is 291 Å². The zero-order valence-corrected chi connectivity index (χ0v) is 27.4. The summed E-state index contributed by atoms with van der Waals surface area (Å²) in [5.41, 5.74) is 11.9. The van der Waals surface area contributed by atoms with Crippen LogP contribution in [0.3, 0.4) is 0 Å². The largest absolute Gasteiger partial charge is 0.310 e. The molecular weight excluding hydrogens is 605 g/mol. The van der Waals surface area contributed by atoms with Crippen molar-refractivity contribution in [3.05, 3.63) is 194 Å². The van der Waals surface area contributed by atoms with Crippen LogP contribution >= 0.6 is 0 Å². The van der Waals surface area contributed by atoms with Crippen molar-refractivity contribution in [2.75, 3.05) is 9.80 Å². The van der Waals surface area contributed by atoms with Gasteiger partial charge in [0, 0.05) is 33.4 Å². The minimum atomic E-state index is 1.10. The van der Waals surface area contributed by atoms with Crippen molar-refractivity contribution in [3.8, 4) is 22.3 Å². The SMILES string of the molecule is c1ccc(-c2ccc(N(c3ccc(N4c5ccc6ccccc6c5-c5cccc6cccc4c56)cc3)c3cccc4ccccc34)cc2)cc1. The van der Waals surface area contributed by atoms with Crippen molar-refractivity contribution < 1.29 is 0 Å². The van der Waals surface area contributed by atoms with Crippen molar-refractivity contribution in [2.24, 2.45) is 0 Å². The lowest BCUT2D eigenvalue weighted by molar-refractivity contribution is 1.27. The third-order valence-corrected chi connectivity index (χ3v) is 10.1. The lowest BCUT2D eigenvalue weighted by Gasteiger charge is -2.34. The Morgan fingerprint density at radius 1 is 0.360 bits per heavy atom. The molecule has 234 valence electrons. The van der Waals surface area contributed by atoms with E-state index in [0.717, 1.165) is 22.7 Å². The molecule has 0 bridgehead atoms. The predicted molar refractivity (Wildman–Crippen MR) is 213 cm³/mol. The summed E-state index contributed by atoms with van der Waals surface area (Å²) in [7, 11) is 0. The summed E-state index contributed by atoms with van der Waals surface area (Å²) in [5.74, 6) is 0. The van der Waals surface area contributed by atoms with Gasteiger partial charge in [0.2, 0.25) is 0 Å². The van der Waals surface area contributed by atoms with Gasteiger partial charge in [-0.2, -0.15) is 0 Å². The highest BCUT2D eigenvalue weighted by atomic mass is 15.2. The highest BCUT2D eigenvalue weighted by Crippen LogP contribution is 2.53. The van der Waals surface area contributed by atoms with Gasteiger partial charge in [0.1, 0.15) is 0 Å². The van der Waals surface area contributed by atoms with Crippen molar-refractivity contribution >= 4 is 66.4 Å². The van der Waals surface area contributed by atoms with Gasteiger partial charge in [0.05, 0.1) is 17.1 Å². The molecule has 0 unspecified atom stereocenters. The molecule has 0 saturated carbocycles. The summed E-state index contributed by atoms with van der Waals surface area (Å²) in [4.78, 5) is 4.83. The van der Waals surface area contributed by atoms with Crippen molar-refractivity contribution in [3.63, 3.8) is 0 Å².